The number of aliphatic hydroxyl groups is 1. The Kier molecular flexibility index (Phi) is 21.4. The molecule has 0 radical (unpaired) electrons. The van der Waals surface area contributed by atoms with Crippen LogP contribution < -0.4 is 0 Å². The number of thioether (sulfide) groups is 1. The molecule has 0 heterocycles. The monoisotopic (exact) mass is 388 g/mol. The van der Waals surface area contributed by atoms with Gasteiger partial charge in [0.1, 0.15) is 0 Å². The fraction of sp³-hybridized carbons (Fsp3) is 0.520. The van der Waals surface area contributed by atoms with Crippen LogP contribution in [0.25, 0.3) is 0 Å². The van der Waals surface area contributed by atoms with Crippen LogP contribution in [-0.2, 0) is 0 Å². The van der Waals surface area contributed by atoms with Crippen molar-refractivity contribution >= 4 is 11.8 Å². The predicted octanol–water partition coefficient (Wildman–Crippen LogP) is 8.84. The third-order valence-corrected chi connectivity index (χ3v) is 5.19. The molecular formula is C25H40OS. The first-order valence-electron chi connectivity index (χ1n) is 10.7. The van der Waals surface area contributed by atoms with E-state index in [0.717, 1.165) is 17.1 Å². The summed E-state index contributed by atoms with van der Waals surface area (Å²) >= 11 is 1.66. The smallest absolute Gasteiger partial charge is 0.0927 e. The molecule has 0 saturated carbocycles. The van der Waals surface area contributed by atoms with Gasteiger partial charge in [0.05, 0.1) is 6.26 Å². The minimum Gasteiger partial charge on any atom is -0.514 e. The number of aliphatic hydroxyl groups excluding tert-OH is 1. The Morgan fingerprint density at radius 3 is 1.81 bits per heavy atom. The largest absolute Gasteiger partial charge is 0.514 e. The molecule has 0 rings (SSSR count). The van der Waals surface area contributed by atoms with E-state index in [-0.39, 0.29) is 0 Å². The van der Waals surface area contributed by atoms with Crippen LogP contribution in [-0.4, -0.2) is 10.9 Å². The molecule has 0 fully saturated rings. The zero-order valence-corrected chi connectivity index (χ0v) is 18.3. The highest BCUT2D eigenvalue weighted by molar-refractivity contribution is 8.03. The van der Waals surface area contributed by atoms with Crippen molar-refractivity contribution in [2.45, 2.75) is 78.1 Å². The van der Waals surface area contributed by atoms with E-state index in [4.69, 9.17) is 5.11 Å². The highest BCUT2D eigenvalue weighted by atomic mass is 32.2. The molecule has 0 saturated heterocycles. The lowest BCUT2D eigenvalue weighted by Crippen LogP contribution is -1.79. The van der Waals surface area contributed by atoms with Crippen molar-refractivity contribution in [1.82, 2.24) is 0 Å². The minimum atomic E-state index is 0.895. The maximum atomic E-state index is 9.11. The highest BCUT2D eigenvalue weighted by Crippen LogP contribution is 2.17. The fourth-order valence-electron chi connectivity index (χ4n) is 2.45. The van der Waals surface area contributed by atoms with Gasteiger partial charge in [0.25, 0.3) is 0 Å². The van der Waals surface area contributed by atoms with E-state index in [1.807, 2.05) is 36.5 Å². The van der Waals surface area contributed by atoms with Crippen LogP contribution in [0.1, 0.15) is 78.1 Å². The van der Waals surface area contributed by atoms with E-state index in [1.165, 1.54) is 64.0 Å². The zero-order chi connectivity index (χ0) is 19.8. The number of rotatable bonds is 17. The summed E-state index contributed by atoms with van der Waals surface area (Å²) < 4.78 is 0. The molecule has 0 bridgehead atoms. The van der Waals surface area contributed by atoms with Crippen molar-refractivity contribution in [2.24, 2.45) is 0 Å². The third-order valence-electron chi connectivity index (χ3n) is 4.00. The molecule has 0 aliphatic heterocycles. The number of hydrogen-bond donors (Lipinski definition) is 1. The van der Waals surface area contributed by atoms with Gasteiger partial charge in [-0.05, 0) is 31.1 Å². The van der Waals surface area contributed by atoms with Gasteiger partial charge in [-0.2, -0.15) is 0 Å². The maximum Gasteiger partial charge on any atom is 0.0927 e. The summed E-state index contributed by atoms with van der Waals surface area (Å²) in [5.41, 5.74) is 0. The number of unbranched alkanes of at least 4 members (excludes halogenated alkanes) is 8. The summed E-state index contributed by atoms with van der Waals surface area (Å²) in [5.74, 6) is 1.03. The van der Waals surface area contributed by atoms with Crippen molar-refractivity contribution in [3.8, 4) is 0 Å². The summed E-state index contributed by atoms with van der Waals surface area (Å²) in [7, 11) is 0. The minimum absolute atomic E-state index is 0.895. The standard InChI is InChI=1S/C25H40OS/c1-3-5-6-7-8-9-10-11-12-13-14-15-16-17-18-19-20-21-22-25(24-26)27-23-4-2/h13-22,24,26H,3-12,23H2,1-2H3/b14-13+,16-15+,18-17+,20-19+,22-21+,25-24+. The van der Waals surface area contributed by atoms with Gasteiger partial charge in [0.15, 0.2) is 0 Å². The Bertz CT molecular complexity index is 481. The van der Waals surface area contributed by atoms with Crippen LogP contribution in [0.5, 0.6) is 0 Å². The molecule has 2 heteroatoms. The van der Waals surface area contributed by atoms with Crippen LogP contribution >= 0.6 is 11.8 Å². The quantitative estimate of drug-likeness (QED) is 0.152. The van der Waals surface area contributed by atoms with E-state index in [2.05, 4.69) is 38.2 Å². The van der Waals surface area contributed by atoms with Gasteiger partial charge in [0.2, 0.25) is 0 Å². The van der Waals surface area contributed by atoms with Gasteiger partial charge in [-0.25, -0.2) is 0 Å². The normalized spacial score (nSPS) is 13.5. The summed E-state index contributed by atoms with van der Waals surface area (Å²) in [6, 6.07) is 0. The maximum absolute atomic E-state index is 9.11. The molecule has 0 aromatic rings. The van der Waals surface area contributed by atoms with E-state index >= 15 is 0 Å². The van der Waals surface area contributed by atoms with Gasteiger partial charge in [-0.15, -0.1) is 11.8 Å². The van der Waals surface area contributed by atoms with Crippen molar-refractivity contribution in [3.05, 3.63) is 71.9 Å². The average molecular weight is 389 g/mol. The van der Waals surface area contributed by atoms with Crippen molar-refractivity contribution < 1.29 is 5.11 Å². The second-order valence-corrected chi connectivity index (χ2v) is 7.75. The van der Waals surface area contributed by atoms with Crippen LogP contribution in [0.4, 0.5) is 0 Å². The Hall–Kier alpha value is -1.41. The van der Waals surface area contributed by atoms with Crippen LogP contribution in [0.2, 0.25) is 0 Å². The molecule has 1 nitrogen and oxygen atoms in total. The number of allylic oxidation sites excluding steroid dienone is 10. The van der Waals surface area contributed by atoms with Gasteiger partial charge in [0, 0.05) is 4.91 Å². The zero-order valence-electron chi connectivity index (χ0n) is 17.5. The first kappa shape index (κ1) is 25.6. The predicted molar refractivity (Wildman–Crippen MR) is 126 cm³/mol. The van der Waals surface area contributed by atoms with Crippen molar-refractivity contribution in [3.63, 3.8) is 0 Å². The highest BCUT2D eigenvalue weighted by Gasteiger charge is 1.91. The number of hydrogen-bond acceptors (Lipinski definition) is 2. The molecule has 0 atom stereocenters. The lowest BCUT2D eigenvalue weighted by atomic mass is 10.1. The van der Waals surface area contributed by atoms with E-state index < -0.39 is 0 Å². The molecule has 0 aliphatic carbocycles. The van der Waals surface area contributed by atoms with E-state index in [0.29, 0.717) is 0 Å². The van der Waals surface area contributed by atoms with Gasteiger partial charge in [-0.1, -0.05) is 113 Å². The Morgan fingerprint density at radius 2 is 1.22 bits per heavy atom. The molecular weight excluding hydrogens is 348 g/mol. The molecule has 0 unspecified atom stereocenters. The summed E-state index contributed by atoms with van der Waals surface area (Å²) in [5, 5.41) is 9.11. The summed E-state index contributed by atoms with van der Waals surface area (Å²) in [4.78, 5) is 0.895. The van der Waals surface area contributed by atoms with E-state index in [1.54, 1.807) is 11.8 Å². The summed E-state index contributed by atoms with van der Waals surface area (Å²) in [6.07, 6.45) is 34.9. The Labute approximate surface area is 172 Å². The fourth-order valence-corrected chi connectivity index (χ4v) is 3.14. The molecule has 0 aliphatic rings. The molecule has 152 valence electrons. The first-order valence-corrected chi connectivity index (χ1v) is 11.6. The topological polar surface area (TPSA) is 20.2 Å². The van der Waals surface area contributed by atoms with Crippen molar-refractivity contribution in [1.29, 1.82) is 0 Å². The van der Waals surface area contributed by atoms with Crippen molar-refractivity contribution in [2.75, 3.05) is 5.75 Å². The molecule has 0 aromatic carbocycles. The molecule has 27 heavy (non-hydrogen) atoms. The van der Waals surface area contributed by atoms with Gasteiger partial charge < -0.3 is 5.11 Å². The summed E-state index contributed by atoms with van der Waals surface area (Å²) in [6.45, 7) is 4.40. The molecule has 0 amide bonds. The molecule has 0 aromatic heterocycles. The lowest BCUT2D eigenvalue weighted by Gasteiger charge is -1.99. The van der Waals surface area contributed by atoms with E-state index in [9.17, 15) is 0 Å². The Balaban J connectivity index is 3.67. The van der Waals surface area contributed by atoms with Crippen LogP contribution in [0, 0.1) is 0 Å². The second kappa shape index (κ2) is 22.6. The second-order valence-electron chi connectivity index (χ2n) is 6.59. The molecule has 0 spiro atoms. The SMILES string of the molecule is CCCCCCCCCC/C=C/C=C/C=C/C=C/C=C/C(=C\O)SCCC. The first-order chi connectivity index (χ1) is 13.3. The Morgan fingerprint density at radius 1 is 0.667 bits per heavy atom. The molecule has 1 N–H and O–H groups in total. The average Bonchev–Trinajstić information content (AvgIpc) is 2.69. The van der Waals surface area contributed by atoms with Gasteiger partial charge in [-0.3, -0.25) is 0 Å². The van der Waals surface area contributed by atoms with Crippen LogP contribution in [0.15, 0.2) is 71.9 Å². The van der Waals surface area contributed by atoms with Gasteiger partial charge >= 0.3 is 0 Å². The third kappa shape index (κ3) is 20.8. The lowest BCUT2D eigenvalue weighted by molar-refractivity contribution is 0.472. The van der Waals surface area contributed by atoms with Crippen LogP contribution in [0.3, 0.4) is 0 Å².